The maximum absolute atomic E-state index is 13.3. The predicted octanol–water partition coefficient (Wildman–Crippen LogP) is 4.25. The summed E-state index contributed by atoms with van der Waals surface area (Å²) in [5.74, 6) is -0.622. The van der Waals surface area contributed by atoms with Gasteiger partial charge in [-0.05, 0) is 54.1 Å². The van der Waals surface area contributed by atoms with Crippen molar-refractivity contribution in [3.05, 3.63) is 120 Å². The first-order valence-corrected chi connectivity index (χ1v) is 12.9. The molecule has 0 saturated carbocycles. The number of hydrogen-bond donors (Lipinski definition) is 2. The molecule has 37 heavy (non-hydrogen) atoms. The molecule has 1 aliphatic heterocycles. The average Bonchev–Trinajstić information content (AvgIpc) is 3.15. The third-order valence-corrected chi connectivity index (χ3v) is 6.78. The van der Waals surface area contributed by atoms with Crippen molar-refractivity contribution >= 4 is 44.6 Å². The number of carbonyl (C=O) groups excluding carboxylic acids is 2. The van der Waals surface area contributed by atoms with Gasteiger partial charge >= 0.3 is 0 Å². The molecule has 4 aromatic carbocycles. The molecule has 4 aromatic rings. The zero-order valence-electron chi connectivity index (χ0n) is 19.5. The van der Waals surface area contributed by atoms with Crippen molar-refractivity contribution in [2.45, 2.75) is 11.4 Å². The van der Waals surface area contributed by atoms with Crippen molar-refractivity contribution in [3.8, 4) is 0 Å². The minimum Gasteiger partial charge on any atom is -0.322 e. The molecule has 0 fully saturated rings. The lowest BCUT2D eigenvalue weighted by Gasteiger charge is -2.16. The smallest absolute Gasteiger partial charge is 0.277 e. The number of carbonyl (C=O) groups is 2. The topological polar surface area (TPSA) is 122 Å². The molecular weight excluding hydrogens is 488 g/mol. The maximum Gasteiger partial charge on any atom is 0.277 e. The number of rotatable bonds is 6. The molecule has 0 atom stereocenters. The number of nitrogens with two attached hydrogens (primary N) is 1. The number of nitrogens with one attached hydrogen (secondary N) is 1. The van der Waals surface area contributed by atoms with E-state index in [-0.39, 0.29) is 10.8 Å². The second-order valence-corrected chi connectivity index (χ2v) is 9.99. The molecule has 0 bridgehead atoms. The average molecular weight is 511 g/mol. The monoisotopic (exact) mass is 510 g/mol. The molecule has 0 aromatic heterocycles. The van der Waals surface area contributed by atoms with Gasteiger partial charge in [0, 0.05) is 16.8 Å². The van der Waals surface area contributed by atoms with Crippen LogP contribution in [0.3, 0.4) is 0 Å². The van der Waals surface area contributed by atoms with Crippen molar-refractivity contribution in [1.82, 2.24) is 0 Å². The Morgan fingerprint density at radius 2 is 1.57 bits per heavy atom. The number of hydrogen-bond acceptors (Lipinski definition) is 5. The van der Waals surface area contributed by atoms with Crippen molar-refractivity contribution < 1.29 is 18.0 Å². The Kier molecular flexibility index (Phi) is 6.39. The van der Waals surface area contributed by atoms with E-state index >= 15 is 0 Å². The maximum atomic E-state index is 13.3. The number of amides is 2. The summed E-state index contributed by atoms with van der Waals surface area (Å²) in [5, 5.41) is 7.81. The van der Waals surface area contributed by atoms with E-state index < -0.39 is 15.9 Å². The third-order valence-electron chi connectivity index (χ3n) is 5.87. The van der Waals surface area contributed by atoms with Gasteiger partial charge in [0.15, 0.2) is 0 Å². The fourth-order valence-electron chi connectivity index (χ4n) is 4.06. The third kappa shape index (κ3) is 5.18. The van der Waals surface area contributed by atoms with Crippen molar-refractivity contribution in [3.63, 3.8) is 0 Å². The van der Waals surface area contributed by atoms with E-state index in [2.05, 4.69) is 10.3 Å². The van der Waals surface area contributed by atoms with Crippen LogP contribution in [0.5, 0.6) is 0 Å². The molecule has 3 N–H and O–H groups in total. The van der Waals surface area contributed by atoms with E-state index in [1.54, 1.807) is 35.2 Å². The second kappa shape index (κ2) is 9.81. The Morgan fingerprint density at radius 1 is 0.865 bits per heavy atom. The van der Waals surface area contributed by atoms with Crippen LogP contribution < -0.4 is 15.4 Å². The summed E-state index contributed by atoms with van der Waals surface area (Å²) in [4.78, 5) is 32.2. The summed E-state index contributed by atoms with van der Waals surface area (Å²) in [6.07, 6.45) is 0. The quantitative estimate of drug-likeness (QED) is 0.403. The van der Waals surface area contributed by atoms with Crippen LogP contribution in [0.25, 0.3) is 0 Å². The van der Waals surface area contributed by atoms with Crippen LogP contribution in [0, 0.1) is 0 Å². The highest BCUT2D eigenvalue weighted by Gasteiger charge is 2.33. The molecule has 0 saturated heterocycles. The normalized spacial score (nSPS) is 14.0. The van der Waals surface area contributed by atoms with Gasteiger partial charge in [0.1, 0.15) is 5.71 Å². The Labute approximate surface area is 214 Å². The number of primary sulfonamides is 1. The van der Waals surface area contributed by atoms with E-state index in [9.17, 15) is 18.0 Å². The number of aliphatic imine (C=N–C) groups is 1. The molecule has 184 valence electrons. The highest BCUT2D eigenvalue weighted by Crippen LogP contribution is 2.32. The Bertz CT molecular complexity index is 1630. The highest BCUT2D eigenvalue weighted by atomic mass is 32.2. The summed E-state index contributed by atoms with van der Waals surface area (Å²) in [5.41, 5.74) is 4.06. The minimum atomic E-state index is -3.89. The van der Waals surface area contributed by atoms with Gasteiger partial charge in [-0.25, -0.2) is 18.5 Å². The van der Waals surface area contributed by atoms with Gasteiger partial charge in [-0.15, -0.1) is 0 Å². The van der Waals surface area contributed by atoms with Gasteiger partial charge in [-0.3, -0.25) is 9.59 Å². The van der Waals surface area contributed by atoms with Crippen LogP contribution in [-0.2, 0) is 21.4 Å². The SMILES string of the molecule is NS(=O)(=O)c1cccc(NC(=O)c2ccc(N=C3C(=O)N(Cc4ccccc4)c4ccccc43)cc2)c1. The molecule has 1 heterocycles. The van der Waals surface area contributed by atoms with Gasteiger partial charge in [-0.2, -0.15) is 0 Å². The number of para-hydroxylation sites is 1. The van der Waals surface area contributed by atoms with Crippen molar-refractivity contribution in [2.24, 2.45) is 10.1 Å². The van der Waals surface area contributed by atoms with Crippen LogP contribution in [0.2, 0.25) is 0 Å². The zero-order valence-corrected chi connectivity index (χ0v) is 20.4. The largest absolute Gasteiger partial charge is 0.322 e. The molecule has 0 aliphatic carbocycles. The lowest BCUT2D eigenvalue weighted by atomic mass is 10.1. The standard InChI is InChI=1S/C28H22N4O4S/c29-37(35,36)23-10-6-9-22(17-23)31-27(33)20-13-15-21(16-14-20)30-26-24-11-4-5-12-25(24)32(28(26)34)18-19-7-2-1-3-8-19/h1-17H,18H2,(H,31,33)(H2,29,35,36). The zero-order chi connectivity index (χ0) is 26.0. The molecule has 0 unspecified atom stereocenters. The Balaban J connectivity index is 1.36. The van der Waals surface area contributed by atoms with Crippen molar-refractivity contribution in [2.75, 3.05) is 10.2 Å². The number of fused-ring (bicyclic) bond motifs is 1. The van der Waals surface area contributed by atoms with Crippen LogP contribution in [0.1, 0.15) is 21.5 Å². The molecule has 1 aliphatic rings. The molecule has 0 spiro atoms. The number of nitrogens with zero attached hydrogens (tertiary/aromatic N) is 2. The number of benzene rings is 4. The fourth-order valence-corrected chi connectivity index (χ4v) is 4.62. The van der Waals surface area contributed by atoms with Crippen molar-refractivity contribution in [1.29, 1.82) is 0 Å². The van der Waals surface area contributed by atoms with Crippen LogP contribution in [-0.4, -0.2) is 25.9 Å². The van der Waals surface area contributed by atoms with E-state index in [0.29, 0.717) is 29.2 Å². The summed E-state index contributed by atoms with van der Waals surface area (Å²) in [7, 11) is -3.89. The number of anilines is 2. The molecule has 5 rings (SSSR count). The lowest BCUT2D eigenvalue weighted by Crippen LogP contribution is -2.29. The molecule has 0 radical (unpaired) electrons. The van der Waals surface area contributed by atoms with Gasteiger partial charge in [-0.1, -0.05) is 54.6 Å². The Morgan fingerprint density at radius 3 is 2.30 bits per heavy atom. The predicted molar refractivity (Wildman–Crippen MR) is 142 cm³/mol. The molecule has 2 amide bonds. The van der Waals surface area contributed by atoms with E-state index in [0.717, 1.165) is 16.8 Å². The second-order valence-electron chi connectivity index (χ2n) is 8.43. The first-order valence-electron chi connectivity index (χ1n) is 11.4. The first kappa shape index (κ1) is 24.1. The molecule has 9 heteroatoms. The summed E-state index contributed by atoms with van der Waals surface area (Å²) >= 11 is 0. The lowest BCUT2D eigenvalue weighted by molar-refractivity contribution is -0.112. The van der Waals surface area contributed by atoms with Crippen LogP contribution in [0.15, 0.2) is 113 Å². The first-order chi connectivity index (χ1) is 17.8. The molecular formula is C28H22N4O4S. The van der Waals surface area contributed by atoms with E-state index in [1.807, 2.05) is 54.6 Å². The fraction of sp³-hybridized carbons (Fsp3) is 0.0357. The summed E-state index contributed by atoms with van der Waals surface area (Å²) in [6, 6.07) is 29.5. The number of sulfonamides is 1. The van der Waals surface area contributed by atoms with Crippen LogP contribution >= 0.6 is 0 Å². The molecule has 8 nitrogen and oxygen atoms in total. The highest BCUT2D eigenvalue weighted by molar-refractivity contribution is 7.89. The summed E-state index contributed by atoms with van der Waals surface area (Å²) in [6.45, 7) is 0.432. The van der Waals surface area contributed by atoms with E-state index in [4.69, 9.17) is 5.14 Å². The van der Waals surface area contributed by atoms with Gasteiger partial charge < -0.3 is 10.2 Å². The van der Waals surface area contributed by atoms with Gasteiger partial charge in [0.2, 0.25) is 10.0 Å². The van der Waals surface area contributed by atoms with Gasteiger partial charge in [0.05, 0.1) is 22.8 Å². The summed E-state index contributed by atoms with van der Waals surface area (Å²) < 4.78 is 23.1. The van der Waals surface area contributed by atoms with Gasteiger partial charge in [0.25, 0.3) is 11.8 Å². The van der Waals surface area contributed by atoms with Crippen LogP contribution in [0.4, 0.5) is 17.1 Å². The van der Waals surface area contributed by atoms with E-state index in [1.165, 1.54) is 18.2 Å². The Hall–Kier alpha value is -4.60. The minimum absolute atomic E-state index is 0.0979.